The van der Waals surface area contributed by atoms with Gasteiger partial charge in [-0.15, -0.1) is 0 Å². The quantitative estimate of drug-likeness (QED) is 0.704. The largest absolute Gasteiger partial charge is 0.373 e. The summed E-state index contributed by atoms with van der Waals surface area (Å²) < 4.78 is 0. The SMILES string of the molecule is CNc1cc2c(=O)c3cccnc3ccc2cn1. The minimum Gasteiger partial charge on any atom is -0.373 e. The fourth-order valence-electron chi connectivity index (χ4n) is 1.99. The Morgan fingerprint density at radius 2 is 2.00 bits per heavy atom. The lowest BCUT2D eigenvalue weighted by Crippen LogP contribution is -2.00. The van der Waals surface area contributed by atoms with Crippen molar-refractivity contribution in [2.24, 2.45) is 0 Å². The summed E-state index contributed by atoms with van der Waals surface area (Å²) in [6.07, 6.45) is 3.38. The zero-order valence-corrected chi connectivity index (χ0v) is 9.84. The molecule has 1 N–H and O–H groups in total. The van der Waals surface area contributed by atoms with Gasteiger partial charge in [0.1, 0.15) is 5.82 Å². The topological polar surface area (TPSA) is 54.9 Å². The third-order valence-corrected chi connectivity index (χ3v) is 2.94. The van der Waals surface area contributed by atoms with E-state index in [-0.39, 0.29) is 5.43 Å². The predicted octanol–water partition coefficient (Wildman–Crippen LogP) is 2.18. The molecule has 0 aliphatic carbocycles. The number of nitrogens with one attached hydrogen (secondary N) is 1. The Morgan fingerprint density at radius 1 is 1.11 bits per heavy atom. The molecule has 2 heterocycles. The summed E-state index contributed by atoms with van der Waals surface area (Å²) in [6.45, 7) is 0. The first-order chi connectivity index (χ1) is 8.79. The van der Waals surface area contributed by atoms with Crippen LogP contribution in [0.1, 0.15) is 0 Å². The molecule has 0 amide bonds. The van der Waals surface area contributed by atoms with Crippen LogP contribution in [-0.2, 0) is 0 Å². The molecule has 0 saturated carbocycles. The Balaban J connectivity index is 2.56. The van der Waals surface area contributed by atoms with Crippen LogP contribution in [0.3, 0.4) is 0 Å². The highest BCUT2D eigenvalue weighted by Crippen LogP contribution is 2.15. The van der Waals surface area contributed by atoms with Crippen molar-refractivity contribution < 1.29 is 0 Å². The van der Waals surface area contributed by atoms with Gasteiger partial charge in [0, 0.05) is 35.6 Å². The number of nitrogens with zero attached hydrogens (tertiary/aromatic N) is 2. The van der Waals surface area contributed by atoms with Gasteiger partial charge in [-0.1, -0.05) is 6.07 Å². The summed E-state index contributed by atoms with van der Waals surface area (Å²) in [6, 6.07) is 9.06. The summed E-state index contributed by atoms with van der Waals surface area (Å²) in [5, 5.41) is 5.03. The van der Waals surface area contributed by atoms with Crippen molar-refractivity contribution in [1.29, 1.82) is 0 Å². The average Bonchev–Trinajstić information content (AvgIpc) is 2.57. The molecule has 3 rings (SSSR count). The lowest BCUT2D eigenvalue weighted by Gasteiger charge is -1.98. The van der Waals surface area contributed by atoms with E-state index in [4.69, 9.17) is 0 Å². The van der Waals surface area contributed by atoms with Gasteiger partial charge in [0.25, 0.3) is 0 Å². The van der Waals surface area contributed by atoms with Crippen LogP contribution in [0, 0.1) is 0 Å². The van der Waals surface area contributed by atoms with E-state index in [1.165, 1.54) is 0 Å². The fourth-order valence-corrected chi connectivity index (χ4v) is 1.99. The summed E-state index contributed by atoms with van der Waals surface area (Å²) in [4.78, 5) is 20.9. The second-order valence-electron chi connectivity index (χ2n) is 4.01. The molecule has 0 saturated heterocycles. The number of hydrogen-bond acceptors (Lipinski definition) is 4. The maximum atomic E-state index is 12.5. The van der Waals surface area contributed by atoms with Crippen LogP contribution in [-0.4, -0.2) is 17.0 Å². The predicted molar refractivity (Wildman–Crippen MR) is 72.9 cm³/mol. The number of anilines is 1. The van der Waals surface area contributed by atoms with Crippen LogP contribution >= 0.6 is 0 Å². The number of aromatic nitrogens is 2. The Morgan fingerprint density at radius 3 is 2.83 bits per heavy atom. The third kappa shape index (κ3) is 1.59. The van der Waals surface area contributed by atoms with Crippen molar-refractivity contribution >= 4 is 27.5 Å². The molecule has 0 unspecified atom stereocenters. The second kappa shape index (κ2) is 4.07. The lowest BCUT2D eigenvalue weighted by atomic mass is 10.2. The van der Waals surface area contributed by atoms with E-state index >= 15 is 0 Å². The van der Waals surface area contributed by atoms with Gasteiger partial charge in [0.15, 0.2) is 5.43 Å². The number of pyridine rings is 2. The van der Waals surface area contributed by atoms with Crippen LogP contribution in [0.2, 0.25) is 0 Å². The van der Waals surface area contributed by atoms with Crippen molar-refractivity contribution in [2.75, 3.05) is 12.4 Å². The molecule has 2 aromatic heterocycles. The number of rotatable bonds is 1. The highest BCUT2D eigenvalue weighted by Gasteiger charge is 2.03. The van der Waals surface area contributed by atoms with Gasteiger partial charge in [-0.25, -0.2) is 4.98 Å². The molecule has 1 aromatic carbocycles. The highest BCUT2D eigenvalue weighted by atomic mass is 16.1. The van der Waals surface area contributed by atoms with Gasteiger partial charge < -0.3 is 5.32 Å². The van der Waals surface area contributed by atoms with Crippen LogP contribution in [0.5, 0.6) is 0 Å². The molecule has 18 heavy (non-hydrogen) atoms. The summed E-state index contributed by atoms with van der Waals surface area (Å²) in [7, 11) is 1.78. The van der Waals surface area contributed by atoms with E-state index in [9.17, 15) is 4.79 Å². The molecule has 0 bridgehead atoms. The normalized spacial score (nSPS) is 10.7. The Kier molecular flexibility index (Phi) is 2.41. The number of hydrogen-bond donors (Lipinski definition) is 1. The van der Waals surface area contributed by atoms with Crippen molar-refractivity contribution in [3.8, 4) is 0 Å². The fraction of sp³-hybridized carbons (Fsp3) is 0.0714. The monoisotopic (exact) mass is 237 g/mol. The summed E-state index contributed by atoms with van der Waals surface area (Å²) in [5.74, 6) is 0.683. The minimum atomic E-state index is -0.0167. The zero-order valence-electron chi connectivity index (χ0n) is 9.84. The standard InChI is InChI=1S/C14H11N3O/c1-15-13-7-11-9(8-17-13)4-5-12-10(14(11)18)3-2-6-16-12/h2-8H,1H3,(H,15,17). The molecule has 0 atom stereocenters. The van der Waals surface area contributed by atoms with Crippen molar-refractivity contribution in [3.63, 3.8) is 0 Å². The molecule has 0 radical (unpaired) electrons. The smallest absolute Gasteiger partial charge is 0.195 e. The van der Waals surface area contributed by atoms with Crippen LogP contribution in [0.15, 0.2) is 47.5 Å². The Hall–Kier alpha value is -2.49. The maximum absolute atomic E-state index is 12.5. The molecule has 0 aliphatic heterocycles. The van der Waals surface area contributed by atoms with Crippen molar-refractivity contribution in [2.45, 2.75) is 0 Å². The Bertz CT molecular complexity index is 799. The first-order valence-corrected chi connectivity index (χ1v) is 5.65. The maximum Gasteiger partial charge on any atom is 0.195 e. The lowest BCUT2D eigenvalue weighted by molar-refractivity contribution is 1.31. The van der Waals surface area contributed by atoms with Crippen LogP contribution < -0.4 is 10.7 Å². The molecular formula is C14H11N3O. The van der Waals surface area contributed by atoms with E-state index < -0.39 is 0 Å². The number of fused-ring (bicyclic) bond motifs is 2. The average molecular weight is 237 g/mol. The minimum absolute atomic E-state index is 0.0167. The molecule has 88 valence electrons. The van der Waals surface area contributed by atoms with Gasteiger partial charge in [0.2, 0.25) is 0 Å². The van der Waals surface area contributed by atoms with Gasteiger partial charge in [0.05, 0.1) is 5.52 Å². The highest BCUT2D eigenvalue weighted by molar-refractivity contribution is 5.92. The summed E-state index contributed by atoms with van der Waals surface area (Å²) >= 11 is 0. The molecule has 0 fully saturated rings. The van der Waals surface area contributed by atoms with E-state index in [2.05, 4.69) is 15.3 Å². The van der Waals surface area contributed by atoms with Gasteiger partial charge in [-0.2, -0.15) is 0 Å². The summed E-state index contributed by atoms with van der Waals surface area (Å²) in [5.41, 5.74) is 0.682. The molecule has 4 nitrogen and oxygen atoms in total. The third-order valence-electron chi connectivity index (χ3n) is 2.94. The van der Waals surface area contributed by atoms with Crippen LogP contribution in [0.25, 0.3) is 21.7 Å². The second-order valence-corrected chi connectivity index (χ2v) is 4.01. The van der Waals surface area contributed by atoms with E-state index in [0.29, 0.717) is 22.1 Å². The molecule has 0 spiro atoms. The van der Waals surface area contributed by atoms with Crippen LogP contribution in [0.4, 0.5) is 5.82 Å². The molecular weight excluding hydrogens is 226 g/mol. The molecule has 4 heteroatoms. The van der Waals surface area contributed by atoms with Crippen molar-refractivity contribution in [1.82, 2.24) is 9.97 Å². The Labute approximate surface area is 103 Å². The molecule has 3 aromatic rings. The van der Waals surface area contributed by atoms with Gasteiger partial charge in [-0.05, 0) is 24.3 Å². The molecule has 0 aliphatic rings. The van der Waals surface area contributed by atoms with Gasteiger partial charge >= 0.3 is 0 Å². The zero-order chi connectivity index (χ0) is 12.5. The first kappa shape index (κ1) is 10.7. The van der Waals surface area contributed by atoms with E-state index in [1.54, 1.807) is 37.6 Å². The van der Waals surface area contributed by atoms with E-state index in [1.807, 2.05) is 12.1 Å². The first-order valence-electron chi connectivity index (χ1n) is 5.65. The van der Waals surface area contributed by atoms with Crippen molar-refractivity contribution in [3.05, 3.63) is 52.9 Å². The van der Waals surface area contributed by atoms with E-state index in [0.717, 1.165) is 5.39 Å². The van der Waals surface area contributed by atoms with Gasteiger partial charge in [-0.3, -0.25) is 9.78 Å².